The first-order valence-electron chi connectivity index (χ1n) is 11.5. The first kappa shape index (κ1) is 25.9. The van der Waals surface area contributed by atoms with Gasteiger partial charge in [0.2, 0.25) is 0 Å². The third-order valence-electron chi connectivity index (χ3n) is 5.89. The van der Waals surface area contributed by atoms with Crippen LogP contribution in [0.25, 0.3) is 0 Å². The Hall–Kier alpha value is -3.13. The molecule has 4 aromatic carbocycles. The second kappa shape index (κ2) is 11.7. The summed E-state index contributed by atoms with van der Waals surface area (Å²) < 4.78 is 51.3. The molecular weight excluding hydrogens is 493 g/mol. The number of ether oxygens (including phenoxy) is 1. The van der Waals surface area contributed by atoms with Crippen LogP contribution in [0.3, 0.4) is 0 Å². The summed E-state index contributed by atoms with van der Waals surface area (Å²) in [5.74, 6) is 0.633. The number of aryl methyl sites for hydroxylation is 2. The second-order valence-electron chi connectivity index (χ2n) is 8.47. The number of benzene rings is 4. The predicted octanol–water partition coefficient (Wildman–Crippen LogP) is 6.54. The number of rotatable bonds is 9. The summed E-state index contributed by atoms with van der Waals surface area (Å²) in [5, 5.41) is 0. The zero-order valence-corrected chi connectivity index (χ0v) is 21.9. The van der Waals surface area contributed by atoms with E-state index < -0.39 is 34.0 Å². The predicted molar refractivity (Wildman–Crippen MR) is 143 cm³/mol. The molecule has 0 heterocycles. The van der Waals surface area contributed by atoms with E-state index in [9.17, 15) is 8.42 Å². The highest BCUT2D eigenvalue weighted by atomic mass is 32.2. The van der Waals surface area contributed by atoms with Gasteiger partial charge in [0.05, 0.1) is 28.8 Å². The van der Waals surface area contributed by atoms with Crippen LogP contribution in [-0.2, 0) is 21.8 Å². The van der Waals surface area contributed by atoms with E-state index in [1.807, 2.05) is 38.1 Å². The van der Waals surface area contributed by atoms with Gasteiger partial charge >= 0.3 is 0 Å². The smallest absolute Gasteiger partial charge is 0.147 e. The molecule has 0 aliphatic heterocycles. The first-order chi connectivity index (χ1) is 17.4. The molecule has 7 heteroatoms. The minimum Gasteiger partial charge on any atom is -0.497 e. The highest BCUT2D eigenvalue weighted by molar-refractivity contribution is 7.85. The van der Waals surface area contributed by atoms with Crippen molar-refractivity contribution in [2.75, 3.05) is 7.11 Å². The highest BCUT2D eigenvalue weighted by Gasteiger charge is 2.30. The Kier molecular flexibility index (Phi) is 8.46. The van der Waals surface area contributed by atoms with Gasteiger partial charge in [-0.05, 0) is 61.9 Å². The Bertz CT molecular complexity index is 1360. The average Bonchev–Trinajstić information content (AvgIpc) is 2.91. The number of nitrogens with one attached hydrogen (secondary N) is 1. The Morgan fingerprint density at radius 2 is 1.31 bits per heavy atom. The largest absolute Gasteiger partial charge is 0.497 e. The van der Waals surface area contributed by atoms with E-state index >= 15 is 4.39 Å². The van der Waals surface area contributed by atoms with Crippen LogP contribution in [0.15, 0.2) is 112 Å². The zero-order chi connectivity index (χ0) is 25.7. The van der Waals surface area contributed by atoms with E-state index in [2.05, 4.69) is 4.72 Å². The van der Waals surface area contributed by atoms with E-state index in [1.54, 1.807) is 79.9 Å². The van der Waals surface area contributed by atoms with Crippen molar-refractivity contribution in [2.24, 2.45) is 0 Å². The molecular formula is C29H28FNO3S2. The molecule has 0 spiro atoms. The normalized spacial score (nSPS) is 14.6. The van der Waals surface area contributed by atoms with Crippen LogP contribution in [-0.4, -0.2) is 15.5 Å². The van der Waals surface area contributed by atoms with Gasteiger partial charge in [0.25, 0.3) is 0 Å². The van der Waals surface area contributed by atoms with Gasteiger partial charge in [-0.15, -0.1) is 0 Å². The molecule has 4 nitrogen and oxygen atoms in total. The molecule has 36 heavy (non-hydrogen) atoms. The zero-order valence-electron chi connectivity index (χ0n) is 20.3. The van der Waals surface area contributed by atoms with E-state index in [0.29, 0.717) is 26.0 Å². The molecule has 0 fully saturated rings. The summed E-state index contributed by atoms with van der Waals surface area (Å²) in [6, 6.07) is 27.4. The molecule has 4 rings (SSSR count). The Morgan fingerprint density at radius 3 is 1.89 bits per heavy atom. The standard InChI is InChI=1S/C29H28FNO3S2/c1-20-8-16-24(17-9-20)35(32)27-7-5-4-6-26(27)28(30)29(22-12-14-23(34-3)15-13-22)31-36(33)25-18-10-21(2)11-19-25/h4-19,28-29,31H,1-3H3/t28-,29-,35-,36?/m0/s1. The SMILES string of the molecule is COc1ccc([C@H](NS(=O)c2ccc(C)cc2)[C@@H](F)c2ccccc2[S@@](=O)c2ccc(C)cc2)cc1. The van der Waals surface area contributed by atoms with Crippen molar-refractivity contribution < 1.29 is 17.5 Å². The molecule has 1 N–H and O–H groups in total. The van der Waals surface area contributed by atoms with Gasteiger partial charge in [-0.2, -0.15) is 0 Å². The summed E-state index contributed by atoms with van der Waals surface area (Å²) in [5.41, 5.74) is 2.97. The summed E-state index contributed by atoms with van der Waals surface area (Å²) >= 11 is 0. The van der Waals surface area contributed by atoms with Crippen LogP contribution >= 0.6 is 0 Å². The Morgan fingerprint density at radius 1 is 0.750 bits per heavy atom. The topological polar surface area (TPSA) is 55.4 Å². The maximum atomic E-state index is 16.4. The quantitative estimate of drug-likeness (QED) is 0.272. The molecule has 4 aromatic rings. The van der Waals surface area contributed by atoms with E-state index in [-0.39, 0.29) is 5.56 Å². The molecule has 0 aromatic heterocycles. The number of hydrogen-bond donors (Lipinski definition) is 1. The van der Waals surface area contributed by atoms with Gasteiger partial charge in [0.15, 0.2) is 0 Å². The molecule has 186 valence electrons. The van der Waals surface area contributed by atoms with Crippen molar-refractivity contribution in [3.05, 3.63) is 119 Å². The van der Waals surface area contributed by atoms with Crippen molar-refractivity contribution >= 4 is 21.8 Å². The average molecular weight is 522 g/mol. The number of halogens is 1. The lowest BCUT2D eigenvalue weighted by atomic mass is 9.97. The Labute approximate surface area is 216 Å². The van der Waals surface area contributed by atoms with Gasteiger partial charge in [-0.3, -0.25) is 0 Å². The van der Waals surface area contributed by atoms with Gasteiger partial charge in [-0.25, -0.2) is 17.5 Å². The fraction of sp³-hybridized carbons (Fsp3) is 0.172. The monoisotopic (exact) mass is 521 g/mol. The molecule has 0 aliphatic carbocycles. The lowest BCUT2D eigenvalue weighted by molar-refractivity contribution is 0.275. The minimum absolute atomic E-state index is 0.283. The van der Waals surface area contributed by atoms with Gasteiger partial charge < -0.3 is 4.74 Å². The lowest BCUT2D eigenvalue weighted by Crippen LogP contribution is -2.28. The van der Waals surface area contributed by atoms with Crippen LogP contribution in [0, 0.1) is 13.8 Å². The van der Waals surface area contributed by atoms with Crippen LogP contribution in [0.4, 0.5) is 4.39 Å². The summed E-state index contributed by atoms with van der Waals surface area (Å²) in [4.78, 5) is 1.52. The van der Waals surface area contributed by atoms with Crippen molar-refractivity contribution in [3.8, 4) is 5.75 Å². The molecule has 1 unspecified atom stereocenters. The maximum Gasteiger partial charge on any atom is 0.147 e. The summed E-state index contributed by atoms with van der Waals surface area (Å²) in [7, 11) is -1.70. The molecule has 0 radical (unpaired) electrons. The summed E-state index contributed by atoms with van der Waals surface area (Å²) in [6.07, 6.45) is -1.63. The van der Waals surface area contributed by atoms with Crippen molar-refractivity contribution in [3.63, 3.8) is 0 Å². The van der Waals surface area contributed by atoms with Gasteiger partial charge in [0.1, 0.15) is 22.9 Å². The molecule has 0 bridgehead atoms. The first-order valence-corrected chi connectivity index (χ1v) is 13.8. The van der Waals surface area contributed by atoms with E-state index in [1.165, 1.54) is 0 Å². The van der Waals surface area contributed by atoms with Gasteiger partial charge in [-0.1, -0.05) is 65.7 Å². The third kappa shape index (κ3) is 5.98. The maximum absolute atomic E-state index is 16.4. The Balaban J connectivity index is 1.72. The fourth-order valence-corrected chi connectivity index (χ4v) is 6.04. The third-order valence-corrected chi connectivity index (χ3v) is 8.53. The van der Waals surface area contributed by atoms with Crippen molar-refractivity contribution in [1.82, 2.24) is 4.72 Å². The summed E-state index contributed by atoms with van der Waals surface area (Å²) in [6.45, 7) is 3.90. The molecule has 0 amide bonds. The number of alkyl halides is 1. The van der Waals surface area contributed by atoms with E-state index in [0.717, 1.165) is 11.1 Å². The second-order valence-corrected chi connectivity index (χ2v) is 11.2. The highest BCUT2D eigenvalue weighted by Crippen LogP contribution is 2.37. The number of methoxy groups -OCH3 is 1. The minimum atomic E-state index is -1.68. The molecule has 0 saturated heterocycles. The fourth-order valence-electron chi connectivity index (χ4n) is 3.80. The van der Waals surface area contributed by atoms with Gasteiger partial charge in [0, 0.05) is 15.4 Å². The van der Waals surface area contributed by atoms with Crippen LogP contribution < -0.4 is 9.46 Å². The van der Waals surface area contributed by atoms with Crippen LogP contribution in [0.2, 0.25) is 0 Å². The van der Waals surface area contributed by atoms with Crippen LogP contribution in [0.1, 0.15) is 34.5 Å². The molecule has 0 saturated carbocycles. The van der Waals surface area contributed by atoms with Crippen LogP contribution in [0.5, 0.6) is 5.75 Å². The molecule has 4 atom stereocenters. The van der Waals surface area contributed by atoms with Crippen molar-refractivity contribution in [1.29, 1.82) is 0 Å². The number of hydrogen-bond acceptors (Lipinski definition) is 3. The molecule has 0 aliphatic rings. The van der Waals surface area contributed by atoms with Crippen molar-refractivity contribution in [2.45, 2.75) is 40.7 Å². The lowest BCUT2D eigenvalue weighted by Gasteiger charge is -2.24. The van der Waals surface area contributed by atoms with E-state index in [4.69, 9.17) is 4.74 Å².